The molecule has 1 heterocycles. The zero-order valence-electron chi connectivity index (χ0n) is 17.5. The maximum atomic E-state index is 12.7. The molecule has 0 spiro atoms. The minimum absolute atomic E-state index is 0.0645. The molecule has 2 aromatic carbocycles. The zero-order valence-corrected chi connectivity index (χ0v) is 18.3. The molecule has 0 aliphatic rings. The second-order valence-corrected chi connectivity index (χ2v) is 9.36. The van der Waals surface area contributed by atoms with Crippen molar-refractivity contribution in [1.82, 2.24) is 4.98 Å². The lowest BCUT2D eigenvalue weighted by Gasteiger charge is -2.19. The number of rotatable bonds is 6. The number of benzene rings is 2. The summed E-state index contributed by atoms with van der Waals surface area (Å²) in [5.74, 6) is 0.459. The van der Waals surface area contributed by atoms with Crippen LogP contribution in [0.2, 0.25) is 0 Å². The van der Waals surface area contributed by atoms with Gasteiger partial charge in [0.1, 0.15) is 4.90 Å². The lowest BCUT2D eigenvalue weighted by atomic mass is 9.87. The van der Waals surface area contributed by atoms with Crippen molar-refractivity contribution < 1.29 is 17.3 Å². The highest BCUT2D eigenvalue weighted by Gasteiger charge is 2.21. The molecule has 0 saturated heterocycles. The highest BCUT2D eigenvalue weighted by atomic mass is 32.2. The van der Waals surface area contributed by atoms with Gasteiger partial charge < -0.3 is 8.92 Å². The summed E-state index contributed by atoms with van der Waals surface area (Å²) in [5.41, 5.74) is 2.63. The monoisotopic (exact) mass is 423 g/mol. The molecule has 0 bridgehead atoms. The third-order valence-corrected chi connectivity index (χ3v) is 5.78. The van der Waals surface area contributed by atoms with Crippen LogP contribution in [0.1, 0.15) is 37.6 Å². The van der Waals surface area contributed by atoms with Crippen molar-refractivity contribution >= 4 is 22.3 Å². The van der Waals surface area contributed by atoms with Crippen molar-refractivity contribution in [3.8, 4) is 11.5 Å². The Morgan fingerprint density at radius 2 is 1.63 bits per heavy atom. The molecule has 3 rings (SSSR count). The van der Waals surface area contributed by atoms with Gasteiger partial charge in [-0.05, 0) is 59.0 Å². The maximum Gasteiger partial charge on any atom is 0.339 e. The Kier molecular flexibility index (Phi) is 6.27. The summed E-state index contributed by atoms with van der Waals surface area (Å²) in [6.07, 6.45) is 5.45. The second-order valence-electron chi connectivity index (χ2n) is 7.81. The fourth-order valence-electron chi connectivity index (χ4n) is 2.80. The van der Waals surface area contributed by atoms with E-state index in [0.29, 0.717) is 5.75 Å². The van der Waals surface area contributed by atoms with Crippen molar-refractivity contribution in [3.05, 3.63) is 83.7 Å². The molecule has 0 amide bonds. The standard InChI is InChI=1S/C24H25NO4S/c1-24(2,3)19-10-13-21(14-11-19)30(26,27)29-22-15-9-18(17-23(22)28-4)8-12-20-7-5-6-16-25-20/h5-17H,1-4H3/b12-8+. The molecule has 0 atom stereocenters. The van der Waals surface area contributed by atoms with Gasteiger partial charge in [-0.15, -0.1) is 0 Å². The van der Waals surface area contributed by atoms with E-state index in [1.165, 1.54) is 7.11 Å². The number of methoxy groups -OCH3 is 1. The first-order valence-corrected chi connectivity index (χ1v) is 10.9. The van der Waals surface area contributed by atoms with E-state index in [1.807, 2.05) is 30.4 Å². The zero-order chi connectivity index (χ0) is 21.8. The molecule has 1 aromatic heterocycles. The van der Waals surface area contributed by atoms with Gasteiger partial charge in [0.15, 0.2) is 11.5 Å². The molecule has 3 aromatic rings. The van der Waals surface area contributed by atoms with Crippen molar-refractivity contribution in [2.24, 2.45) is 0 Å². The molecule has 0 N–H and O–H groups in total. The predicted molar refractivity (Wildman–Crippen MR) is 119 cm³/mol. The van der Waals surface area contributed by atoms with E-state index < -0.39 is 10.1 Å². The van der Waals surface area contributed by atoms with Crippen LogP contribution in [0.5, 0.6) is 11.5 Å². The first-order chi connectivity index (χ1) is 14.2. The van der Waals surface area contributed by atoms with E-state index in [9.17, 15) is 8.42 Å². The molecule has 30 heavy (non-hydrogen) atoms. The van der Waals surface area contributed by atoms with Gasteiger partial charge in [0.2, 0.25) is 0 Å². The van der Waals surface area contributed by atoms with E-state index >= 15 is 0 Å². The van der Waals surface area contributed by atoms with Gasteiger partial charge in [-0.3, -0.25) is 4.98 Å². The largest absolute Gasteiger partial charge is 0.493 e. The van der Waals surface area contributed by atoms with E-state index in [0.717, 1.165) is 16.8 Å². The molecule has 0 radical (unpaired) electrons. The predicted octanol–water partition coefficient (Wildman–Crippen LogP) is 5.33. The highest BCUT2D eigenvalue weighted by molar-refractivity contribution is 7.87. The fourth-order valence-corrected chi connectivity index (χ4v) is 3.74. The van der Waals surface area contributed by atoms with E-state index in [-0.39, 0.29) is 16.1 Å². The molecule has 156 valence electrons. The summed E-state index contributed by atoms with van der Waals surface area (Å²) < 4.78 is 36.2. The molecule has 0 unspecified atom stereocenters. The molecule has 0 aliphatic heterocycles. The minimum Gasteiger partial charge on any atom is -0.493 e. The molecular formula is C24H25NO4S. The van der Waals surface area contributed by atoms with Crippen molar-refractivity contribution in [3.63, 3.8) is 0 Å². The van der Waals surface area contributed by atoms with Crippen LogP contribution in [-0.2, 0) is 15.5 Å². The van der Waals surface area contributed by atoms with Crippen LogP contribution in [0.15, 0.2) is 71.8 Å². The van der Waals surface area contributed by atoms with E-state index in [1.54, 1.807) is 48.7 Å². The number of nitrogens with zero attached hydrogens (tertiary/aromatic N) is 1. The second kappa shape index (κ2) is 8.71. The number of hydrogen-bond donors (Lipinski definition) is 0. The van der Waals surface area contributed by atoms with Gasteiger partial charge in [0.25, 0.3) is 0 Å². The summed E-state index contributed by atoms with van der Waals surface area (Å²) in [5, 5.41) is 0. The average Bonchev–Trinajstić information content (AvgIpc) is 2.73. The molecule has 6 heteroatoms. The van der Waals surface area contributed by atoms with Gasteiger partial charge in [-0.2, -0.15) is 8.42 Å². The van der Waals surface area contributed by atoms with Crippen LogP contribution in [-0.4, -0.2) is 20.5 Å². The van der Waals surface area contributed by atoms with Gasteiger partial charge >= 0.3 is 10.1 Å². The molecule has 0 fully saturated rings. The first-order valence-electron chi connectivity index (χ1n) is 9.51. The van der Waals surface area contributed by atoms with Crippen molar-refractivity contribution in [2.45, 2.75) is 31.1 Å². The number of hydrogen-bond acceptors (Lipinski definition) is 5. The van der Waals surface area contributed by atoms with Crippen molar-refractivity contribution in [1.29, 1.82) is 0 Å². The summed E-state index contributed by atoms with van der Waals surface area (Å²) in [7, 11) is -2.51. The Bertz CT molecular complexity index is 1130. The van der Waals surface area contributed by atoms with Crippen LogP contribution in [0.25, 0.3) is 12.2 Å². The SMILES string of the molecule is COc1cc(/C=C/c2ccccn2)ccc1OS(=O)(=O)c1ccc(C(C)(C)C)cc1. The van der Waals surface area contributed by atoms with Gasteiger partial charge in [-0.1, -0.05) is 51.1 Å². The van der Waals surface area contributed by atoms with E-state index in [2.05, 4.69) is 25.8 Å². The van der Waals surface area contributed by atoms with Gasteiger partial charge in [0, 0.05) is 6.20 Å². The van der Waals surface area contributed by atoms with E-state index in [4.69, 9.17) is 8.92 Å². The van der Waals surface area contributed by atoms with Crippen LogP contribution in [0.4, 0.5) is 0 Å². The molecular weight excluding hydrogens is 398 g/mol. The Balaban J connectivity index is 1.82. The topological polar surface area (TPSA) is 65.5 Å². The lowest BCUT2D eigenvalue weighted by molar-refractivity contribution is 0.390. The highest BCUT2D eigenvalue weighted by Crippen LogP contribution is 2.32. The average molecular weight is 424 g/mol. The third kappa shape index (κ3) is 5.27. The minimum atomic E-state index is -3.98. The Labute approximate surface area is 178 Å². The summed E-state index contributed by atoms with van der Waals surface area (Å²) in [4.78, 5) is 4.33. The number of aromatic nitrogens is 1. The first kappa shape index (κ1) is 21.6. The maximum absolute atomic E-state index is 12.7. The quantitative estimate of drug-likeness (QED) is 0.502. The van der Waals surface area contributed by atoms with Gasteiger partial charge in [-0.25, -0.2) is 0 Å². The van der Waals surface area contributed by atoms with Crippen molar-refractivity contribution in [2.75, 3.05) is 7.11 Å². The Morgan fingerprint density at radius 3 is 2.23 bits per heavy atom. The Hall–Kier alpha value is -3.12. The normalized spacial score (nSPS) is 12.1. The number of pyridine rings is 1. The van der Waals surface area contributed by atoms with Crippen LogP contribution in [0, 0.1) is 0 Å². The van der Waals surface area contributed by atoms with Gasteiger partial charge in [0.05, 0.1) is 12.8 Å². The fraction of sp³-hybridized carbons (Fsp3) is 0.208. The molecule has 0 aliphatic carbocycles. The van der Waals surface area contributed by atoms with Crippen LogP contribution in [0.3, 0.4) is 0 Å². The smallest absolute Gasteiger partial charge is 0.339 e. The third-order valence-electron chi connectivity index (χ3n) is 4.53. The lowest BCUT2D eigenvalue weighted by Crippen LogP contribution is -2.13. The Morgan fingerprint density at radius 1 is 0.900 bits per heavy atom. The number of ether oxygens (including phenoxy) is 1. The summed E-state index contributed by atoms with van der Waals surface area (Å²) >= 11 is 0. The molecule has 0 saturated carbocycles. The van der Waals surface area contributed by atoms with Crippen LogP contribution < -0.4 is 8.92 Å². The molecule has 5 nitrogen and oxygen atoms in total. The summed E-state index contributed by atoms with van der Waals surface area (Å²) in [6.45, 7) is 6.21. The summed E-state index contributed by atoms with van der Waals surface area (Å²) in [6, 6.07) is 17.4. The van der Waals surface area contributed by atoms with Crippen LogP contribution >= 0.6 is 0 Å².